The van der Waals surface area contributed by atoms with Crippen LogP contribution >= 0.6 is 0 Å². The van der Waals surface area contributed by atoms with Crippen molar-refractivity contribution in [2.45, 2.75) is 150 Å². The fourth-order valence-electron chi connectivity index (χ4n) is 5.41. The summed E-state index contributed by atoms with van der Waals surface area (Å²) in [4.78, 5) is 0. The third-order valence-corrected chi connectivity index (χ3v) is 9.02. The van der Waals surface area contributed by atoms with Gasteiger partial charge in [0, 0.05) is 13.5 Å². The summed E-state index contributed by atoms with van der Waals surface area (Å²) in [6.45, 7) is 5.29. The minimum absolute atomic E-state index is 0.126. The van der Waals surface area contributed by atoms with Gasteiger partial charge in [0.25, 0.3) is 0 Å². The number of rotatable bonds is 32. The highest BCUT2D eigenvalue weighted by Gasteiger charge is 2.95. The van der Waals surface area contributed by atoms with E-state index >= 15 is 0 Å². The average Bonchev–Trinajstić information content (AvgIpc) is 3.14. The van der Waals surface area contributed by atoms with E-state index in [2.05, 4.69) is 13.5 Å². The van der Waals surface area contributed by atoms with Gasteiger partial charge in [-0.05, 0) is 43.5 Å². The molecule has 0 heterocycles. The van der Waals surface area contributed by atoms with Crippen LogP contribution in [0.3, 0.4) is 0 Å². The van der Waals surface area contributed by atoms with E-state index in [1.807, 2.05) is 0 Å². The van der Waals surface area contributed by atoms with Gasteiger partial charge in [-0.25, -0.2) is 0 Å². The summed E-state index contributed by atoms with van der Waals surface area (Å²) < 4.78 is 257. The Hall–Kier alpha value is -2.75. The maximum absolute atomic E-state index is 14.3. The van der Waals surface area contributed by atoms with Crippen LogP contribution in [0.1, 0.15) is 90.4 Å². The third-order valence-electron chi connectivity index (χ3n) is 9.02. The van der Waals surface area contributed by atoms with E-state index in [1.54, 1.807) is 0 Å². The Labute approximate surface area is 330 Å². The Kier molecular flexibility index (Phi) is 21.1. The fourth-order valence-corrected chi connectivity index (χ4v) is 5.41. The number of benzene rings is 1. The maximum Gasteiger partial charge on any atom is 0.460 e. The lowest BCUT2D eigenvalue weighted by molar-refractivity contribution is -0.461. The first-order valence-electron chi connectivity index (χ1n) is 18.6. The highest BCUT2D eigenvalue weighted by Crippen LogP contribution is 2.64. The van der Waals surface area contributed by atoms with Gasteiger partial charge in [-0.3, -0.25) is 0 Å². The van der Waals surface area contributed by atoms with Crippen molar-refractivity contribution in [3.8, 4) is 11.5 Å². The van der Waals surface area contributed by atoms with Crippen LogP contribution in [0, 0.1) is 0 Å². The molecule has 2 atom stereocenters. The molecule has 0 spiro atoms. The van der Waals surface area contributed by atoms with Crippen LogP contribution < -0.4 is 9.47 Å². The normalized spacial score (nSPS) is 15.0. The summed E-state index contributed by atoms with van der Waals surface area (Å²) >= 11 is 0. The molecule has 0 radical (unpaired) electrons. The Morgan fingerprint density at radius 3 is 1.49 bits per heavy atom. The molecule has 0 aromatic heterocycles. The second kappa shape index (κ2) is 22.9. The number of unbranched alkanes of at least 4 members (excludes halogenated alkanes) is 9. The van der Waals surface area contributed by atoms with Crippen LogP contribution in [0.5, 0.6) is 11.5 Å². The van der Waals surface area contributed by atoms with Gasteiger partial charge in [0.1, 0.15) is 30.5 Å². The quantitative estimate of drug-likeness (QED) is 0.0312. The summed E-state index contributed by atoms with van der Waals surface area (Å²) in [7, 11) is 1.49. The topological polar surface area (TPSA) is 46.2 Å². The van der Waals surface area contributed by atoms with Gasteiger partial charge in [-0.1, -0.05) is 70.8 Å². The molecule has 0 saturated carbocycles. The van der Waals surface area contributed by atoms with Gasteiger partial charge in [0.15, 0.2) is 0 Å². The van der Waals surface area contributed by atoms with Gasteiger partial charge >= 0.3 is 47.6 Å². The summed E-state index contributed by atoms with van der Waals surface area (Å²) in [6.07, 6.45) is -0.319. The van der Waals surface area contributed by atoms with Crippen molar-refractivity contribution in [2.24, 2.45) is 0 Å². The third kappa shape index (κ3) is 13.6. The summed E-state index contributed by atoms with van der Waals surface area (Å²) in [6, 6.07) is 5.01. The number of ether oxygens (including phenoxy) is 5. The smallest absolute Gasteiger partial charge is 0.460 e. The van der Waals surface area contributed by atoms with Crippen molar-refractivity contribution in [1.29, 1.82) is 0 Å². The van der Waals surface area contributed by atoms with E-state index in [0.717, 1.165) is 44.9 Å². The van der Waals surface area contributed by atoms with Crippen LogP contribution in [0.2, 0.25) is 0 Å². The molecule has 0 amide bonds. The minimum atomic E-state index is -8.66. The van der Waals surface area contributed by atoms with Crippen molar-refractivity contribution >= 4 is 0 Å². The van der Waals surface area contributed by atoms with Gasteiger partial charge in [0.05, 0.1) is 19.8 Å². The molecule has 0 aliphatic rings. The fraction of sp³-hybridized carbons (Fsp3) is 0.784. The van der Waals surface area contributed by atoms with Crippen molar-refractivity contribution in [2.75, 3.05) is 33.7 Å². The SMILES string of the molecule is C=C[C@@H](OCOCCOC)[C@@H](CCCCCCCCCCCC)Oc1ccc(OCCCC(F)(F)C(F)(F)C(F)(F)C(F)(F)C(F)(F)C(F)(F)C(F)(F)C(F)(F)F)cc1. The second-order valence-electron chi connectivity index (χ2n) is 13.6. The number of hydrogen-bond acceptors (Lipinski definition) is 5. The molecule has 5 nitrogen and oxygen atoms in total. The molecule has 0 aliphatic heterocycles. The number of alkyl halides is 17. The molecule has 1 aromatic rings. The molecule has 0 unspecified atom stereocenters. The van der Waals surface area contributed by atoms with Crippen molar-refractivity contribution in [1.82, 2.24) is 0 Å². The monoisotopic (exact) mass is 896 g/mol. The Morgan fingerprint density at radius 1 is 0.559 bits per heavy atom. The van der Waals surface area contributed by atoms with E-state index in [-0.39, 0.29) is 24.9 Å². The van der Waals surface area contributed by atoms with E-state index in [0.29, 0.717) is 13.0 Å². The first-order chi connectivity index (χ1) is 27.1. The first-order valence-corrected chi connectivity index (χ1v) is 18.6. The predicted molar refractivity (Wildman–Crippen MR) is 180 cm³/mol. The molecule has 0 saturated heterocycles. The zero-order valence-corrected chi connectivity index (χ0v) is 32.2. The van der Waals surface area contributed by atoms with E-state index in [1.165, 1.54) is 56.7 Å². The second-order valence-corrected chi connectivity index (χ2v) is 13.6. The van der Waals surface area contributed by atoms with Gasteiger partial charge < -0.3 is 23.7 Å². The number of methoxy groups -OCH3 is 1. The van der Waals surface area contributed by atoms with Gasteiger partial charge in [0.2, 0.25) is 0 Å². The molecule has 0 aliphatic carbocycles. The highest BCUT2D eigenvalue weighted by molar-refractivity contribution is 5.31. The molecule has 1 rings (SSSR count). The lowest BCUT2D eigenvalue weighted by Gasteiger charge is -2.42. The Bertz CT molecular complexity index is 1340. The van der Waals surface area contributed by atoms with Crippen molar-refractivity contribution < 1.29 is 98.3 Å². The van der Waals surface area contributed by atoms with Crippen LogP contribution in [-0.2, 0) is 14.2 Å². The average molecular weight is 897 g/mol. The van der Waals surface area contributed by atoms with Crippen LogP contribution in [0.15, 0.2) is 36.9 Å². The number of halogens is 17. The van der Waals surface area contributed by atoms with Crippen molar-refractivity contribution in [3.63, 3.8) is 0 Å². The Balaban J connectivity index is 2.95. The molecule has 346 valence electrons. The zero-order chi connectivity index (χ0) is 45.4. The molecule has 1 aromatic carbocycles. The van der Waals surface area contributed by atoms with Gasteiger partial charge in [-0.2, -0.15) is 74.6 Å². The van der Waals surface area contributed by atoms with E-state index in [9.17, 15) is 74.6 Å². The van der Waals surface area contributed by atoms with Crippen molar-refractivity contribution in [3.05, 3.63) is 36.9 Å². The minimum Gasteiger partial charge on any atom is -0.494 e. The number of hydrogen-bond donors (Lipinski definition) is 0. The van der Waals surface area contributed by atoms with Crippen LogP contribution in [0.25, 0.3) is 0 Å². The van der Waals surface area contributed by atoms with E-state index in [4.69, 9.17) is 23.7 Å². The molecular formula is C37H49F17O5. The zero-order valence-electron chi connectivity index (χ0n) is 32.2. The molecule has 59 heavy (non-hydrogen) atoms. The molecule has 0 fully saturated rings. The Morgan fingerprint density at radius 2 is 1.02 bits per heavy atom. The molecule has 0 N–H and O–H groups in total. The summed E-state index contributed by atoms with van der Waals surface area (Å²) in [5.41, 5.74) is 0. The molecule has 22 heteroatoms. The first kappa shape index (κ1) is 54.3. The summed E-state index contributed by atoms with van der Waals surface area (Å²) in [5, 5.41) is 0. The lowest BCUT2D eigenvalue weighted by atomic mass is 9.88. The standard InChI is InChI=1S/C37H49F17O5/c1-4-6-7-8-9-10-11-12-13-14-16-29(28(5-2)58-25-56-24-23-55-3)59-27-19-17-26(18-20-27)57-22-15-21-30(38,39)31(40,41)32(42,43)33(44,45)34(46,47)35(48,49)36(50,51)37(52,53)54/h5,17-20,28-29H,2,4,6-16,21-25H2,1,3H3/t28-,29-/m1/s1. The van der Waals surface area contributed by atoms with E-state index < -0.39 is 79.3 Å². The van der Waals surface area contributed by atoms with Crippen LogP contribution in [-0.4, -0.2) is 93.6 Å². The highest BCUT2D eigenvalue weighted by atomic mass is 19.4. The largest absolute Gasteiger partial charge is 0.494 e. The maximum atomic E-state index is 14.3. The summed E-state index contributed by atoms with van der Waals surface area (Å²) in [5.74, 6) is -56.5. The lowest BCUT2D eigenvalue weighted by Crippen LogP contribution is -2.74. The van der Waals surface area contributed by atoms with Gasteiger partial charge in [-0.15, -0.1) is 6.58 Å². The molecule has 0 bridgehead atoms. The molecular weight excluding hydrogens is 847 g/mol. The van der Waals surface area contributed by atoms with Crippen LogP contribution in [0.4, 0.5) is 74.6 Å². The predicted octanol–water partition coefficient (Wildman–Crippen LogP) is 13.1.